The third kappa shape index (κ3) is 2.92. The number of carbonyl (C=O) groups is 1. The summed E-state index contributed by atoms with van der Waals surface area (Å²) in [5, 5.41) is 36.1. The number of methoxy groups -OCH3 is 2. The molecule has 1 aromatic carbocycles. The fraction of sp³-hybridized carbons (Fsp3) is 0.774. The summed E-state index contributed by atoms with van der Waals surface area (Å²) in [5.41, 5.74) is -1.69. The van der Waals surface area contributed by atoms with Crippen LogP contribution in [0, 0.1) is 39.9 Å². The largest absolute Gasteiger partial charge is 0.493 e. The first-order valence-corrected chi connectivity index (χ1v) is 14.8. The number of hydrogen-bond donors (Lipinski definition) is 3. The highest BCUT2D eigenvalue weighted by atomic mass is 16.5. The Morgan fingerprint density at radius 2 is 1.85 bits per heavy atom. The average molecular weight is 542 g/mol. The Hall–Kier alpha value is -1.87. The third-order valence-electron chi connectivity index (χ3n) is 12.9. The minimum absolute atomic E-state index is 0.178. The van der Waals surface area contributed by atoms with E-state index in [-0.39, 0.29) is 47.3 Å². The molecule has 8 heteroatoms. The predicted molar refractivity (Wildman–Crippen MR) is 142 cm³/mol. The molecule has 0 aromatic heterocycles. The van der Waals surface area contributed by atoms with Crippen molar-refractivity contribution in [2.24, 2.45) is 39.9 Å². The van der Waals surface area contributed by atoms with Gasteiger partial charge in [0.2, 0.25) is 0 Å². The molecule has 7 fully saturated rings. The SMILES string of the molecule is CCN1C[C@]2(C)CC[C@H](O)[C@]34C1[C@H](C[C@H]23)[C@@]12CC[C@@H](C[C@H]14)[C@@](O)(COC(=O)c1ccc(OC)c(OC)c1)[C@H]2O. The molecule has 11 atom stereocenters. The molecule has 1 saturated heterocycles. The zero-order valence-corrected chi connectivity index (χ0v) is 23.6. The lowest BCUT2D eigenvalue weighted by Gasteiger charge is -2.69. The summed E-state index contributed by atoms with van der Waals surface area (Å²) in [4.78, 5) is 15.7. The lowest BCUT2D eigenvalue weighted by atomic mass is 9.38. The van der Waals surface area contributed by atoms with Crippen molar-refractivity contribution in [3.8, 4) is 11.5 Å². The number of carbonyl (C=O) groups excluding carboxylic acids is 1. The van der Waals surface area contributed by atoms with Gasteiger partial charge in [0.05, 0.1) is 32.0 Å². The first-order valence-electron chi connectivity index (χ1n) is 14.8. The quantitative estimate of drug-likeness (QED) is 0.472. The summed E-state index contributed by atoms with van der Waals surface area (Å²) in [6.07, 6.45) is 3.97. The van der Waals surface area contributed by atoms with E-state index < -0.39 is 23.1 Å². The van der Waals surface area contributed by atoms with Crippen molar-refractivity contribution < 1.29 is 34.3 Å². The summed E-state index contributed by atoms with van der Waals surface area (Å²) < 4.78 is 16.3. The van der Waals surface area contributed by atoms with Crippen LogP contribution < -0.4 is 9.47 Å². The molecule has 0 amide bonds. The van der Waals surface area contributed by atoms with Gasteiger partial charge in [0.25, 0.3) is 0 Å². The van der Waals surface area contributed by atoms with Gasteiger partial charge < -0.3 is 29.5 Å². The standard InChI is InChI=1S/C31H43NO7/c1-5-32-15-28(2)10-9-24(33)31-22(28)14-19(25(31)32)29-11-8-18(13-23(29)31)30(36,27(29)35)16-39-26(34)17-6-7-20(37-3)21(12-17)38-4/h6-7,12,18-19,22-25,27,33,35-36H,5,8-11,13-16H2,1-4H3/t18-,19-,22+,23+,24-,25?,27-,28-,29-,30-,31-/m0/s1. The fourth-order valence-corrected chi connectivity index (χ4v) is 11.6. The second-order valence-electron chi connectivity index (χ2n) is 13.8. The van der Waals surface area contributed by atoms with E-state index in [0.717, 1.165) is 51.6 Å². The van der Waals surface area contributed by atoms with Gasteiger partial charge in [-0.2, -0.15) is 0 Å². The van der Waals surface area contributed by atoms with Gasteiger partial charge in [-0.3, -0.25) is 4.90 Å². The fourth-order valence-electron chi connectivity index (χ4n) is 11.6. The van der Waals surface area contributed by atoms with Gasteiger partial charge in [0.1, 0.15) is 12.2 Å². The number of esters is 1. The van der Waals surface area contributed by atoms with Crippen molar-refractivity contribution in [1.82, 2.24) is 4.90 Å². The van der Waals surface area contributed by atoms with E-state index in [1.807, 2.05) is 0 Å². The number of ether oxygens (including phenoxy) is 3. The molecule has 6 aliphatic carbocycles. The Bertz CT molecular complexity index is 1190. The Kier molecular flexibility index (Phi) is 5.57. The van der Waals surface area contributed by atoms with E-state index in [4.69, 9.17) is 14.2 Å². The van der Waals surface area contributed by atoms with Crippen LogP contribution in [-0.2, 0) is 4.74 Å². The third-order valence-corrected chi connectivity index (χ3v) is 12.9. The Morgan fingerprint density at radius 3 is 2.56 bits per heavy atom. The van der Waals surface area contributed by atoms with Crippen LogP contribution in [0.4, 0.5) is 0 Å². The van der Waals surface area contributed by atoms with E-state index in [1.165, 1.54) is 14.2 Å². The van der Waals surface area contributed by atoms with Gasteiger partial charge >= 0.3 is 5.97 Å². The molecule has 6 saturated carbocycles. The van der Waals surface area contributed by atoms with Crippen LogP contribution in [0.1, 0.15) is 62.7 Å². The number of nitrogens with zero attached hydrogens (tertiary/aromatic N) is 1. The molecule has 1 unspecified atom stereocenters. The second-order valence-corrected chi connectivity index (χ2v) is 13.8. The van der Waals surface area contributed by atoms with Crippen LogP contribution in [0.5, 0.6) is 11.5 Å². The van der Waals surface area contributed by atoms with Crippen molar-refractivity contribution >= 4 is 5.97 Å². The molecule has 214 valence electrons. The Morgan fingerprint density at radius 1 is 1.08 bits per heavy atom. The minimum Gasteiger partial charge on any atom is -0.493 e. The molecule has 1 aromatic rings. The van der Waals surface area contributed by atoms with Gasteiger partial charge in [0.15, 0.2) is 11.5 Å². The van der Waals surface area contributed by atoms with E-state index in [9.17, 15) is 20.1 Å². The number of fused-ring (bicyclic) bond motifs is 2. The van der Waals surface area contributed by atoms with Crippen LogP contribution in [0.3, 0.4) is 0 Å². The summed E-state index contributed by atoms with van der Waals surface area (Å²) >= 11 is 0. The summed E-state index contributed by atoms with van der Waals surface area (Å²) in [7, 11) is 3.04. The zero-order chi connectivity index (χ0) is 27.5. The molecular weight excluding hydrogens is 498 g/mol. The van der Waals surface area contributed by atoms with Crippen molar-refractivity contribution in [3.63, 3.8) is 0 Å². The molecular formula is C31H43NO7. The Labute approximate surface area is 230 Å². The van der Waals surface area contributed by atoms with Crippen molar-refractivity contribution in [1.29, 1.82) is 0 Å². The predicted octanol–water partition coefficient (Wildman–Crippen LogP) is 2.87. The number of rotatable bonds is 6. The van der Waals surface area contributed by atoms with Crippen LogP contribution in [0.2, 0.25) is 0 Å². The molecule has 8 nitrogen and oxygen atoms in total. The molecule has 3 N–H and O–H groups in total. The summed E-state index contributed by atoms with van der Waals surface area (Å²) in [5.74, 6) is 1.07. The van der Waals surface area contributed by atoms with Crippen LogP contribution in [-0.4, -0.2) is 84.0 Å². The molecule has 0 radical (unpaired) electrons. The van der Waals surface area contributed by atoms with E-state index >= 15 is 0 Å². The number of aliphatic hydroxyl groups excluding tert-OH is 2. The lowest BCUT2D eigenvalue weighted by molar-refractivity contribution is -0.297. The normalized spacial score (nSPS) is 49.1. The minimum atomic E-state index is -1.50. The molecule has 1 heterocycles. The smallest absolute Gasteiger partial charge is 0.338 e. The number of piperidine rings is 1. The Balaban J connectivity index is 1.20. The van der Waals surface area contributed by atoms with Gasteiger partial charge in [0, 0.05) is 23.4 Å². The summed E-state index contributed by atoms with van der Waals surface area (Å²) in [6.45, 7) is 6.40. The molecule has 7 aliphatic rings. The zero-order valence-electron chi connectivity index (χ0n) is 23.6. The average Bonchev–Trinajstić information content (AvgIpc) is 3.40. The van der Waals surface area contributed by atoms with E-state index in [2.05, 4.69) is 18.7 Å². The maximum Gasteiger partial charge on any atom is 0.338 e. The highest BCUT2D eigenvalue weighted by Gasteiger charge is 2.86. The van der Waals surface area contributed by atoms with Crippen LogP contribution >= 0.6 is 0 Å². The highest BCUT2D eigenvalue weighted by molar-refractivity contribution is 5.90. The van der Waals surface area contributed by atoms with Gasteiger partial charge in [-0.25, -0.2) is 4.79 Å². The second kappa shape index (κ2) is 8.34. The van der Waals surface area contributed by atoms with E-state index in [1.54, 1.807) is 18.2 Å². The van der Waals surface area contributed by atoms with E-state index in [0.29, 0.717) is 23.0 Å². The van der Waals surface area contributed by atoms with Gasteiger partial charge in [-0.15, -0.1) is 0 Å². The maximum atomic E-state index is 13.1. The van der Waals surface area contributed by atoms with Crippen LogP contribution in [0.25, 0.3) is 0 Å². The lowest BCUT2D eigenvalue weighted by Crippen LogP contribution is -2.74. The first kappa shape index (κ1) is 26.1. The highest BCUT2D eigenvalue weighted by Crippen LogP contribution is 2.83. The van der Waals surface area contributed by atoms with Gasteiger partial charge in [-0.1, -0.05) is 13.8 Å². The molecule has 1 aliphatic heterocycles. The van der Waals surface area contributed by atoms with Crippen molar-refractivity contribution in [3.05, 3.63) is 23.8 Å². The topological polar surface area (TPSA) is 109 Å². The number of benzene rings is 1. The number of likely N-dealkylation sites (tertiary alicyclic amines) is 1. The molecule has 39 heavy (non-hydrogen) atoms. The summed E-state index contributed by atoms with van der Waals surface area (Å²) in [6, 6.07) is 5.08. The maximum absolute atomic E-state index is 13.1. The number of aliphatic hydroxyl groups is 3. The molecule has 8 rings (SSSR count). The number of hydrogen-bond acceptors (Lipinski definition) is 8. The van der Waals surface area contributed by atoms with Crippen molar-refractivity contribution in [2.75, 3.05) is 33.9 Å². The van der Waals surface area contributed by atoms with Crippen LogP contribution in [0.15, 0.2) is 18.2 Å². The van der Waals surface area contributed by atoms with Crippen molar-refractivity contribution in [2.45, 2.75) is 76.2 Å². The van der Waals surface area contributed by atoms with Gasteiger partial charge in [-0.05, 0) is 92.4 Å². The first-order chi connectivity index (χ1) is 18.6. The molecule has 2 spiro atoms. The monoisotopic (exact) mass is 541 g/mol. The molecule has 7 bridgehead atoms.